The molecular formula is C22H24N4O3S. The SMILES string of the molecule is CCNS(=O)(=O)c1ccc(/C=C/C(=O)NCc2ccccc2Cn2cccn2)cc1. The Balaban J connectivity index is 1.58. The molecule has 0 aliphatic rings. The molecule has 0 bridgehead atoms. The first-order valence-corrected chi connectivity index (χ1v) is 11.1. The fourth-order valence-corrected chi connectivity index (χ4v) is 3.94. The molecule has 0 aliphatic carbocycles. The standard InChI is InChI=1S/C22H24N4O3S/c1-2-25-30(28,29)21-11-8-18(9-12-21)10-13-22(27)23-16-19-6-3-4-7-20(19)17-26-15-5-14-24-26/h3-15,25H,2,16-17H2,1H3,(H,23,27)/b13-10+. The van der Waals surface area contributed by atoms with E-state index < -0.39 is 10.0 Å². The average Bonchev–Trinajstić information content (AvgIpc) is 3.25. The van der Waals surface area contributed by atoms with Crippen LogP contribution in [-0.2, 0) is 27.9 Å². The summed E-state index contributed by atoms with van der Waals surface area (Å²) in [7, 11) is -3.48. The molecule has 0 atom stereocenters. The maximum atomic E-state index is 12.2. The van der Waals surface area contributed by atoms with Crippen LogP contribution in [0.2, 0.25) is 0 Å². The zero-order valence-electron chi connectivity index (χ0n) is 16.7. The number of benzene rings is 2. The smallest absolute Gasteiger partial charge is 0.244 e. The van der Waals surface area contributed by atoms with Crippen molar-refractivity contribution in [3.05, 3.63) is 89.8 Å². The number of nitrogens with zero attached hydrogens (tertiary/aromatic N) is 2. The summed E-state index contributed by atoms with van der Waals surface area (Å²) >= 11 is 0. The van der Waals surface area contributed by atoms with Crippen molar-refractivity contribution in [2.24, 2.45) is 0 Å². The van der Waals surface area contributed by atoms with Crippen LogP contribution >= 0.6 is 0 Å². The van der Waals surface area contributed by atoms with Crippen molar-refractivity contribution < 1.29 is 13.2 Å². The van der Waals surface area contributed by atoms with Gasteiger partial charge in [-0.15, -0.1) is 0 Å². The van der Waals surface area contributed by atoms with Crippen LogP contribution < -0.4 is 10.0 Å². The Morgan fingerprint density at radius 3 is 2.47 bits per heavy atom. The van der Waals surface area contributed by atoms with Crippen LogP contribution in [0.3, 0.4) is 0 Å². The van der Waals surface area contributed by atoms with Crippen molar-refractivity contribution in [3.63, 3.8) is 0 Å². The number of sulfonamides is 1. The predicted octanol–water partition coefficient (Wildman–Crippen LogP) is 2.56. The molecule has 1 heterocycles. The molecule has 0 fully saturated rings. The Bertz CT molecular complexity index is 1110. The van der Waals surface area contributed by atoms with Gasteiger partial charge in [0, 0.05) is 31.6 Å². The fourth-order valence-electron chi connectivity index (χ4n) is 2.90. The van der Waals surface area contributed by atoms with E-state index in [4.69, 9.17) is 0 Å². The molecule has 0 aliphatic heterocycles. The van der Waals surface area contributed by atoms with E-state index in [1.54, 1.807) is 31.3 Å². The molecule has 0 saturated carbocycles. The molecule has 0 saturated heterocycles. The summed E-state index contributed by atoms with van der Waals surface area (Å²) in [4.78, 5) is 12.4. The molecule has 2 aromatic carbocycles. The first-order chi connectivity index (χ1) is 14.5. The lowest BCUT2D eigenvalue weighted by atomic mass is 10.1. The summed E-state index contributed by atoms with van der Waals surface area (Å²) in [5.41, 5.74) is 2.84. The Hall–Kier alpha value is -3.23. The van der Waals surface area contributed by atoms with E-state index in [0.29, 0.717) is 19.6 Å². The van der Waals surface area contributed by atoms with Gasteiger partial charge in [-0.25, -0.2) is 13.1 Å². The minimum absolute atomic E-state index is 0.194. The average molecular weight is 425 g/mol. The van der Waals surface area contributed by atoms with Crippen molar-refractivity contribution in [1.82, 2.24) is 19.8 Å². The van der Waals surface area contributed by atoms with Gasteiger partial charge in [-0.05, 0) is 41.0 Å². The predicted molar refractivity (Wildman–Crippen MR) is 116 cm³/mol. The van der Waals surface area contributed by atoms with Crippen molar-refractivity contribution in [3.8, 4) is 0 Å². The van der Waals surface area contributed by atoms with Gasteiger partial charge in [-0.1, -0.05) is 43.3 Å². The Labute approximate surface area is 176 Å². The minimum atomic E-state index is -3.48. The van der Waals surface area contributed by atoms with Crippen molar-refractivity contribution in [1.29, 1.82) is 0 Å². The topological polar surface area (TPSA) is 93.1 Å². The van der Waals surface area contributed by atoms with E-state index in [0.717, 1.165) is 16.7 Å². The molecular weight excluding hydrogens is 400 g/mol. The maximum absolute atomic E-state index is 12.2. The quantitative estimate of drug-likeness (QED) is 0.516. The number of nitrogens with one attached hydrogen (secondary N) is 2. The monoisotopic (exact) mass is 424 g/mol. The molecule has 7 nitrogen and oxygen atoms in total. The van der Waals surface area contributed by atoms with Crippen LogP contribution in [-0.4, -0.2) is 30.7 Å². The summed E-state index contributed by atoms with van der Waals surface area (Å²) in [6, 6.07) is 16.1. The van der Waals surface area contributed by atoms with E-state index in [9.17, 15) is 13.2 Å². The largest absolute Gasteiger partial charge is 0.348 e. The van der Waals surface area contributed by atoms with Crippen LogP contribution in [0.5, 0.6) is 0 Å². The number of aromatic nitrogens is 2. The molecule has 0 spiro atoms. The molecule has 8 heteroatoms. The highest BCUT2D eigenvalue weighted by molar-refractivity contribution is 7.89. The summed E-state index contributed by atoms with van der Waals surface area (Å²) in [6.45, 7) is 3.09. The molecule has 0 radical (unpaired) electrons. The highest BCUT2D eigenvalue weighted by Crippen LogP contribution is 2.12. The third kappa shape index (κ3) is 5.88. The lowest BCUT2D eigenvalue weighted by Gasteiger charge is -2.10. The van der Waals surface area contributed by atoms with Gasteiger partial charge in [-0.3, -0.25) is 9.48 Å². The first kappa shape index (κ1) is 21.5. The van der Waals surface area contributed by atoms with Gasteiger partial charge in [0.05, 0.1) is 11.4 Å². The van der Waals surface area contributed by atoms with Gasteiger partial charge in [0.15, 0.2) is 0 Å². The molecule has 30 heavy (non-hydrogen) atoms. The molecule has 3 rings (SSSR count). The second-order valence-electron chi connectivity index (χ2n) is 6.59. The molecule has 1 aromatic heterocycles. The number of amides is 1. The number of hydrogen-bond donors (Lipinski definition) is 2. The summed E-state index contributed by atoms with van der Waals surface area (Å²) in [5.74, 6) is -0.228. The Morgan fingerprint density at radius 1 is 1.07 bits per heavy atom. The van der Waals surface area contributed by atoms with Crippen LogP contribution in [0.15, 0.2) is 78.0 Å². The zero-order valence-corrected chi connectivity index (χ0v) is 17.5. The zero-order chi connectivity index (χ0) is 21.4. The summed E-state index contributed by atoms with van der Waals surface area (Å²) < 4.78 is 28.2. The van der Waals surface area contributed by atoms with Crippen molar-refractivity contribution in [2.75, 3.05) is 6.54 Å². The second-order valence-corrected chi connectivity index (χ2v) is 8.36. The third-order valence-electron chi connectivity index (χ3n) is 4.41. The number of hydrogen-bond acceptors (Lipinski definition) is 4. The van der Waals surface area contributed by atoms with Gasteiger partial charge in [0.2, 0.25) is 15.9 Å². The number of carbonyl (C=O) groups excluding carboxylic acids is 1. The first-order valence-electron chi connectivity index (χ1n) is 9.58. The fraction of sp³-hybridized carbons (Fsp3) is 0.182. The van der Waals surface area contributed by atoms with Gasteiger partial charge in [0.1, 0.15) is 0 Å². The molecule has 3 aromatic rings. The summed E-state index contributed by atoms with van der Waals surface area (Å²) in [6.07, 6.45) is 6.71. The van der Waals surface area contributed by atoms with E-state index >= 15 is 0 Å². The Kier molecular flexibility index (Phi) is 7.16. The van der Waals surface area contributed by atoms with Crippen LogP contribution in [0.1, 0.15) is 23.6 Å². The number of carbonyl (C=O) groups is 1. The van der Waals surface area contributed by atoms with Gasteiger partial charge >= 0.3 is 0 Å². The molecule has 156 valence electrons. The second kappa shape index (κ2) is 10.00. The highest BCUT2D eigenvalue weighted by Gasteiger charge is 2.11. The van der Waals surface area contributed by atoms with E-state index in [2.05, 4.69) is 15.1 Å². The highest BCUT2D eigenvalue weighted by atomic mass is 32.2. The van der Waals surface area contributed by atoms with E-state index in [1.807, 2.05) is 41.2 Å². The minimum Gasteiger partial charge on any atom is -0.348 e. The normalized spacial score (nSPS) is 11.6. The van der Waals surface area contributed by atoms with Crippen molar-refractivity contribution >= 4 is 22.0 Å². The van der Waals surface area contributed by atoms with Gasteiger partial charge in [0.25, 0.3) is 0 Å². The summed E-state index contributed by atoms with van der Waals surface area (Å²) in [5, 5.41) is 7.10. The van der Waals surface area contributed by atoms with Gasteiger partial charge in [-0.2, -0.15) is 5.10 Å². The Morgan fingerprint density at radius 2 is 1.80 bits per heavy atom. The van der Waals surface area contributed by atoms with E-state index in [-0.39, 0.29) is 10.8 Å². The molecule has 2 N–H and O–H groups in total. The molecule has 1 amide bonds. The third-order valence-corrected chi connectivity index (χ3v) is 5.98. The van der Waals surface area contributed by atoms with Crippen LogP contribution in [0, 0.1) is 0 Å². The van der Waals surface area contributed by atoms with Gasteiger partial charge < -0.3 is 5.32 Å². The van der Waals surface area contributed by atoms with E-state index in [1.165, 1.54) is 18.2 Å². The van der Waals surface area contributed by atoms with Crippen LogP contribution in [0.4, 0.5) is 0 Å². The lowest BCUT2D eigenvalue weighted by Crippen LogP contribution is -2.23. The lowest BCUT2D eigenvalue weighted by molar-refractivity contribution is -0.116. The van der Waals surface area contributed by atoms with Crippen LogP contribution in [0.25, 0.3) is 6.08 Å². The molecule has 0 unspecified atom stereocenters. The number of rotatable bonds is 9. The maximum Gasteiger partial charge on any atom is 0.244 e. The van der Waals surface area contributed by atoms with Crippen molar-refractivity contribution in [2.45, 2.75) is 24.9 Å².